The molecule has 0 aromatic heterocycles. The van der Waals surface area contributed by atoms with Crippen LogP contribution in [0, 0.1) is 5.92 Å². The lowest BCUT2D eigenvalue weighted by molar-refractivity contribution is -0.116. The van der Waals surface area contributed by atoms with Crippen molar-refractivity contribution in [2.75, 3.05) is 24.1 Å². The summed E-state index contributed by atoms with van der Waals surface area (Å²) >= 11 is 5.91. The summed E-state index contributed by atoms with van der Waals surface area (Å²) in [4.78, 5) is 14.4. The SMILES string of the molecule is CC1CC(C)N(CCCC(=O)Nc2cc(Cl)ccc2N)C1. The van der Waals surface area contributed by atoms with Crippen LogP contribution in [-0.2, 0) is 4.79 Å². The van der Waals surface area contributed by atoms with E-state index >= 15 is 0 Å². The molecule has 0 saturated carbocycles. The third-order valence-corrected chi connectivity index (χ3v) is 4.29. The highest BCUT2D eigenvalue weighted by Gasteiger charge is 2.25. The van der Waals surface area contributed by atoms with Crippen LogP contribution in [0.15, 0.2) is 18.2 Å². The number of hydrogen-bond acceptors (Lipinski definition) is 3. The molecule has 1 fully saturated rings. The Balaban J connectivity index is 1.76. The van der Waals surface area contributed by atoms with Crippen molar-refractivity contribution in [2.45, 2.75) is 39.2 Å². The molecule has 5 heteroatoms. The number of nitrogens with zero attached hydrogens (tertiary/aromatic N) is 1. The van der Waals surface area contributed by atoms with Crippen molar-refractivity contribution in [1.29, 1.82) is 0 Å². The predicted octanol–water partition coefficient (Wildman–Crippen LogP) is 3.37. The zero-order valence-corrected chi connectivity index (χ0v) is 13.5. The molecule has 0 aliphatic carbocycles. The fourth-order valence-corrected chi connectivity index (χ4v) is 3.16. The van der Waals surface area contributed by atoms with Crippen molar-refractivity contribution in [3.05, 3.63) is 23.2 Å². The summed E-state index contributed by atoms with van der Waals surface area (Å²) in [6, 6.07) is 5.72. The van der Waals surface area contributed by atoms with Crippen molar-refractivity contribution in [2.24, 2.45) is 5.92 Å². The van der Waals surface area contributed by atoms with E-state index in [1.165, 1.54) is 6.42 Å². The number of nitrogens with one attached hydrogen (secondary N) is 1. The zero-order chi connectivity index (χ0) is 15.4. The van der Waals surface area contributed by atoms with Crippen LogP contribution in [0.3, 0.4) is 0 Å². The standard InChI is InChI=1S/C16H24ClN3O/c1-11-8-12(2)20(10-11)7-3-4-16(21)19-15-9-13(17)5-6-14(15)18/h5-6,9,11-12H,3-4,7-8,10,18H2,1-2H3,(H,19,21). The van der Waals surface area contributed by atoms with Crippen molar-refractivity contribution in [3.63, 3.8) is 0 Å². The number of carbonyl (C=O) groups excluding carboxylic acids is 1. The second-order valence-corrected chi connectivity index (χ2v) is 6.50. The summed E-state index contributed by atoms with van der Waals surface area (Å²) in [7, 11) is 0. The zero-order valence-electron chi connectivity index (χ0n) is 12.7. The molecule has 4 nitrogen and oxygen atoms in total. The Kier molecular flexibility index (Phi) is 5.48. The first-order valence-corrected chi connectivity index (χ1v) is 7.92. The number of nitrogen functional groups attached to an aromatic ring is 1. The fourth-order valence-electron chi connectivity index (χ4n) is 2.99. The lowest BCUT2D eigenvalue weighted by Gasteiger charge is -2.20. The summed E-state index contributed by atoms with van der Waals surface area (Å²) < 4.78 is 0. The van der Waals surface area contributed by atoms with Crippen LogP contribution < -0.4 is 11.1 Å². The molecule has 0 spiro atoms. The van der Waals surface area contributed by atoms with Crippen molar-refractivity contribution in [1.82, 2.24) is 4.90 Å². The molecule has 1 aromatic rings. The highest BCUT2D eigenvalue weighted by atomic mass is 35.5. The van der Waals surface area contributed by atoms with Gasteiger partial charge in [0, 0.05) is 24.0 Å². The van der Waals surface area contributed by atoms with Crippen LogP contribution in [0.2, 0.25) is 5.02 Å². The quantitative estimate of drug-likeness (QED) is 0.820. The summed E-state index contributed by atoms with van der Waals surface area (Å²) in [5.41, 5.74) is 6.95. The number of likely N-dealkylation sites (tertiary alicyclic amines) is 1. The normalized spacial score (nSPS) is 22.4. The van der Waals surface area contributed by atoms with E-state index in [1.54, 1.807) is 18.2 Å². The van der Waals surface area contributed by atoms with Gasteiger partial charge in [-0.25, -0.2) is 0 Å². The molecule has 1 aromatic carbocycles. The third kappa shape index (κ3) is 4.61. The molecule has 1 heterocycles. The fraction of sp³-hybridized carbons (Fsp3) is 0.562. The molecule has 1 amide bonds. The largest absolute Gasteiger partial charge is 0.397 e. The highest BCUT2D eigenvalue weighted by molar-refractivity contribution is 6.31. The number of benzene rings is 1. The van der Waals surface area contributed by atoms with Gasteiger partial charge in [-0.05, 0) is 50.4 Å². The lowest BCUT2D eigenvalue weighted by atomic mass is 10.1. The molecular formula is C16H24ClN3O. The maximum Gasteiger partial charge on any atom is 0.224 e. The smallest absolute Gasteiger partial charge is 0.224 e. The topological polar surface area (TPSA) is 58.4 Å². The van der Waals surface area contributed by atoms with E-state index in [2.05, 4.69) is 24.1 Å². The molecule has 2 rings (SSSR count). The van der Waals surface area contributed by atoms with Crippen LogP contribution in [0.4, 0.5) is 11.4 Å². The average Bonchev–Trinajstić information content (AvgIpc) is 2.72. The monoisotopic (exact) mass is 309 g/mol. The van der Waals surface area contributed by atoms with E-state index in [-0.39, 0.29) is 5.91 Å². The van der Waals surface area contributed by atoms with Crippen LogP contribution in [0.25, 0.3) is 0 Å². The Labute approximate surface area is 131 Å². The molecule has 1 aliphatic rings. The van der Waals surface area contributed by atoms with Crippen molar-refractivity contribution >= 4 is 28.9 Å². The minimum absolute atomic E-state index is 0.0103. The second-order valence-electron chi connectivity index (χ2n) is 6.07. The number of hydrogen-bond donors (Lipinski definition) is 2. The van der Waals surface area contributed by atoms with Gasteiger partial charge in [0.2, 0.25) is 5.91 Å². The number of halogens is 1. The van der Waals surface area contributed by atoms with Gasteiger partial charge >= 0.3 is 0 Å². The summed E-state index contributed by atoms with van der Waals surface area (Å²) in [6.07, 6.45) is 2.62. The van der Waals surface area contributed by atoms with Gasteiger partial charge in [0.05, 0.1) is 11.4 Å². The summed E-state index contributed by atoms with van der Waals surface area (Å²) in [5, 5.41) is 3.40. The Morgan fingerprint density at radius 3 is 2.90 bits per heavy atom. The van der Waals surface area contributed by atoms with E-state index in [4.69, 9.17) is 17.3 Å². The molecule has 3 N–H and O–H groups in total. The Morgan fingerprint density at radius 1 is 1.48 bits per heavy atom. The van der Waals surface area contributed by atoms with Gasteiger partial charge in [0.15, 0.2) is 0 Å². The third-order valence-electron chi connectivity index (χ3n) is 4.05. The van der Waals surface area contributed by atoms with E-state index in [0.29, 0.717) is 28.9 Å². The second kappa shape index (κ2) is 7.14. The maximum absolute atomic E-state index is 12.0. The van der Waals surface area contributed by atoms with Crippen molar-refractivity contribution in [3.8, 4) is 0 Å². The molecule has 1 saturated heterocycles. The van der Waals surface area contributed by atoms with Gasteiger partial charge in [0.1, 0.15) is 0 Å². The van der Waals surface area contributed by atoms with Gasteiger partial charge in [-0.3, -0.25) is 4.79 Å². The van der Waals surface area contributed by atoms with Gasteiger partial charge in [-0.1, -0.05) is 18.5 Å². The predicted molar refractivity (Wildman–Crippen MR) is 88.5 cm³/mol. The van der Waals surface area contributed by atoms with Gasteiger partial charge < -0.3 is 16.0 Å². The first-order chi connectivity index (χ1) is 9.95. The molecular weight excluding hydrogens is 286 g/mol. The van der Waals surface area contributed by atoms with Gasteiger partial charge in [-0.2, -0.15) is 0 Å². The van der Waals surface area contributed by atoms with Crippen LogP contribution in [-0.4, -0.2) is 29.9 Å². The molecule has 116 valence electrons. The summed E-state index contributed by atoms with van der Waals surface area (Å²) in [6.45, 7) is 6.66. The van der Waals surface area contributed by atoms with E-state index in [9.17, 15) is 4.79 Å². The maximum atomic E-state index is 12.0. The van der Waals surface area contributed by atoms with Crippen LogP contribution in [0.1, 0.15) is 33.1 Å². The number of anilines is 2. The number of nitrogens with two attached hydrogens (primary N) is 1. The number of rotatable bonds is 5. The van der Waals surface area contributed by atoms with Gasteiger partial charge in [0.25, 0.3) is 0 Å². The summed E-state index contributed by atoms with van der Waals surface area (Å²) in [5.74, 6) is 0.754. The van der Waals surface area contributed by atoms with Crippen LogP contribution >= 0.6 is 11.6 Å². The first kappa shape index (κ1) is 16.1. The Hall–Kier alpha value is -1.26. The number of amides is 1. The molecule has 2 unspecified atom stereocenters. The van der Waals surface area contributed by atoms with E-state index in [0.717, 1.165) is 25.4 Å². The van der Waals surface area contributed by atoms with Crippen molar-refractivity contribution < 1.29 is 4.79 Å². The number of carbonyl (C=O) groups is 1. The lowest BCUT2D eigenvalue weighted by Crippen LogP contribution is -2.29. The molecule has 1 aliphatic heterocycles. The van der Waals surface area contributed by atoms with E-state index in [1.807, 2.05) is 0 Å². The average molecular weight is 310 g/mol. The van der Waals surface area contributed by atoms with Crippen LogP contribution in [0.5, 0.6) is 0 Å². The molecule has 0 radical (unpaired) electrons. The van der Waals surface area contributed by atoms with E-state index < -0.39 is 0 Å². The minimum atomic E-state index is -0.0103. The molecule has 0 bridgehead atoms. The Morgan fingerprint density at radius 2 is 2.24 bits per heavy atom. The minimum Gasteiger partial charge on any atom is -0.397 e. The van der Waals surface area contributed by atoms with Gasteiger partial charge in [-0.15, -0.1) is 0 Å². The Bertz CT molecular complexity index is 506. The molecule has 21 heavy (non-hydrogen) atoms. The first-order valence-electron chi connectivity index (χ1n) is 7.54. The highest BCUT2D eigenvalue weighted by Crippen LogP contribution is 2.24. The molecule has 2 atom stereocenters.